The Labute approximate surface area is 110 Å². The minimum Gasteiger partial charge on any atom is -0.467 e. The van der Waals surface area contributed by atoms with Gasteiger partial charge in [-0.2, -0.15) is 0 Å². The lowest BCUT2D eigenvalue weighted by molar-refractivity contribution is -0.128. The van der Waals surface area contributed by atoms with Gasteiger partial charge in [-0.25, -0.2) is 0 Å². The number of aryl methyl sites for hydroxylation is 1. The molecule has 1 aliphatic heterocycles. The molecule has 1 fully saturated rings. The van der Waals surface area contributed by atoms with E-state index in [-0.39, 0.29) is 11.3 Å². The van der Waals surface area contributed by atoms with E-state index in [1.807, 2.05) is 36.3 Å². The van der Waals surface area contributed by atoms with E-state index in [2.05, 4.69) is 10.6 Å². The maximum Gasteiger partial charge on any atom is 0.234 e. The lowest BCUT2D eigenvalue weighted by Gasteiger charge is -2.23. The van der Waals surface area contributed by atoms with Gasteiger partial charge >= 0.3 is 0 Å². The van der Waals surface area contributed by atoms with E-state index < -0.39 is 0 Å². The molecule has 1 atom stereocenters. The van der Waals surface area contributed by atoms with Gasteiger partial charge in [0.1, 0.15) is 11.1 Å². The molecular formula is C13H14N2O2S. The zero-order valence-corrected chi connectivity index (χ0v) is 10.9. The Hall–Kier alpha value is -1.62. The van der Waals surface area contributed by atoms with E-state index in [4.69, 9.17) is 4.42 Å². The zero-order chi connectivity index (χ0) is 12.5. The summed E-state index contributed by atoms with van der Waals surface area (Å²) in [5, 5.41) is 0.0857. The summed E-state index contributed by atoms with van der Waals surface area (Å²) in [6, 6.07) is 7.81. The number of amides is 1. The second kappa shape index (κ2) is 4.57. The molecule has 1 saturated heterocycles. The number of rotatable bonds is 3. The van der Waals surface area contributed by atoms with Gasteiger partial charge < -0.3 is 13.9 Å². The molecule has 1 amide bonds. The molecule has 1 aliphatic rings. The fourth-order valence-corrected chi connectivity index (χ4v) is 3.43. The molecular weight excluding hydrogens is 248 g/mol. The molecule has 0 saturated carbocycles. The third-order valence-electron chi connectivity index (χ3n) is 3.11. The SMILES string of the molecule is Cn1cccc1C1SCC(=O)N1Cc1ccco1. The molecule has 0 aromatic carbocycles. The Balaban J connectivity index is 1.86. The van der Waals surface area contributed by atoms with Crippen LogP contribution in [0.1, 0.15) is 16.8 Å². The van der Waals surface area contributed by atoms with E-state index in [0.29, 0.717) is 12.3 Å². The van der Waals surface area contributed by atoms with Crippen LogP contribution in [0.4, 0.5) is 0 Å². The van der Waals surface area contributed by atoms with Crippen molar-refractivity contribution in [2.75, 3.05) is 5.75 Å². The molecule has 0 N–H and O–H groups in total. The number of thioether (sulfide) groups is 1. The number of nitrogens with zero attached hydrogens (tertiary/aromatic N) is 2. The van der Waals surface area contributed by atoms with Crippen LogP contribution in [0.15, 0.2) is 41.1 Å². The molecule has 4 nitrogen and oxygen atoms in total. The van der Waals surface area contributed by atoms with Gasteiger partial charge in [0.15, 0.2) is 0 Å². The molecule has 5 heteroatoms. The first-order chi connectivity index (χ1) is 8.75. The third-order valence-corrected chi connectivity index (χ3v) is 4.34. The minimum absolute atomic E-state index is 0.0857. The fourth-order valence-electron chi connectivity index (χ4n) is 2.17. The van der Waals surface area contributed by atoms with Crippen LogP contribution in [0.25, 0.3) is 0 Å². The standard InChI is InChI=1S/C13H14N2O2S/c1-14-6-2-5-11(14)13-15(12(16)9-18-13)8-10-4-3-7-17-10/h2-7,13H,8-9H2,1H3. The van der Waals surface area contributed by atoms with Crippen molar-refractivity contribution in [2.24, 2.45) is 7.05 Å². The van der Waals surface area contributed by atoms with Crippen LogP contribution >= 0.6 is 11.8 Å². The second-order valence-corrected chi connectivity index (χ2v) is 5.38. The number of carbonyl (C=O) groups excluding carboxylic acids is 1. The van der Waals surface area contributed by atoms with Gasteiger partial charge in [0.25, 0.3) is 0 Å². The van der Waals surface area contributed by atoms with Crippen molar-refractivity contribution < 1.29 is 9.21 Å². The quantitative estimate of drug-likeness (QED) is 0.852. The second-order valence-electron chi connectivity index (χ2n) is 4.31. The van der Waals surface area contributed by atoms with E-state index in [1.54, 1.807) is 18.0 Å². The van der Waals surface area contributed by atoms with Crippen molar-refractivity contribution in [2.45, 2.75) is 11.9 Å². The van der Waals surface area contributed by atoms with Gasteiger partial charge in [-0.05, 0) is 24.3 Å². The summed E-state index contributed by atoms with van der Waals surface area (Å²) in [4.78, 5) is 13.8. The number of furan rings is 1. The Morgan fingerprint density at radius 3 is 3.00 bits per heavy atom. The van der Waals surface area contributed by atoms with Crippen LogP contribution in [-0.4, -0.2) is 21.1 Å². The summed E-state index contributed by atoms with van der Waals surface area (Å²) in [5.74, 6) is 1.53. The summed E-state index contributed by atoms with van der Waals surface area (Å²) >= 11 is 1.67. The van der Waals surface area contributed by atoms with Crippen molar-refractivity contribution in [3.8, 4) is 0 Å². The van der Waals surface area contributed by atoms with Gasteiger partial charge in [0.2, 0.25) is 5.91 Å². The normalized spacial score (nSPS) is 19.7. The first-order valence-corrected chi connectivity index (χ1v) is 6.85. The van der Waals surface area contributed by atoms with Crippen LogP contribution in [0.3, 0.4) is 0 Å². The van der Waals surface area contributed by atoms with Crippen LogP contribution in [0.5, 0.6) is 0 Å². The Morgan fingerprint density at radius 1 is 1.44 bits per heavy atom. The van der Waals surface area contributed by atoms with E-state index in [0.717, 1.165) is 11.5 Å². The number of hydrogen-bond donors (Lipinski definition) is 0. The fraction of sp³-hybridized carbons (Fsp3) is 0.308. The first kappa shape index (κ1) is 11.5. The first-order valence-electron chi connectivity index (χ1n) is 5.80. The van der Waals surface area contributed by atoms with Crippen LogP contribution in [0, 0.1) is 0 Å². The minimum atomic E-state index is 0.0857. The molecule has 1 unspecified atom stereocenters. The maximum atomic E-state index is 12.0. The van der Waals surface area contributed by atoms with Crippen LogP contribution < -0.4 is 0 Å². The van der Waals surface area contributed by atoms with Crippen LogP contribution in [-0.2, 0) is 18.4 Å². The van der Waals surface area contributed by atoms with Gasteiger partial charge in [-0.1, -0.05) is 0 Å². The zero-order valence-electron chi connectivity index (χ0n) is 10.1. The van der Waals surface area contributed by atoms with E-state index in [9.17, 15) is 4.79 Å². The molecule has 94 valence electrons. The molecule has 0 bridgehead atoms. The molecule has 18 heavy (non-hydrogen) atoms. The van der Waals surface area contributed by atoms with Crippen molar-refractivity contribution >= 4 is 17.7 Å². The van der Waals surface area contributed by atoms with Gasteiger partial charge in [0.05, 0.1) is 24.3 Å². The molecule has 0 aliphatic carbocycles. The summed E-state index contributed by atoms with van der Waals surface area (Å²) in [7, 11) is 2.00. The summed E-state index contributed by atoms with van der Waals surface area (Å²) in [6.07, 6.45) is 3.64. The molecule has 3 rings (SSSR count). The van der Waals surface area contributed by atoms with Crippen molar-refractivity contribution in [1.29, 1.82) is 0 Å². The number of carbonyl (C=O) groups is 1. The van der Waals surface area contributed by atoms with Gasteiger partial charge in [-0.15, -0.1) is 11.8 Å². The third kappa shape index (κ3) is 1.95. The van der Waals surface area contributed by atoms with Crippen molar-refractivity contribution in [3.05, 3.63) is 48.2 Å². The highest BCUT2D eigenvalue weighted by Crippen LogP contribution is 2.39. The molecule has 2 aromatic heterocycles. The summed E-state index contributed by atoms with van der Waals surface area (Å²) in [5.41, 5.74) is 1.15. The Bertz CT molecular complexity index is 547. The van der Waals surface area contributed by atoms with E-state index >= 15 is 0 Å². The summed E-state index contributed by atoms with van der Waals surface area (Å²) < 4.78 is 7.39. The van der Waals surface area contributed by atoms with Gasteiger partial charge in [-0.3, -0.25) is 4.79 Å². The maximum absolute atomic E-state index is 12.0. The average molecular weight is 262 g/mol. The average Bonchev–Trinajstić information content (AvgIpc) is 3.05. The monoisotopic (exact) mass is 262 g/mol. The number of hydrogen-bond acceptors (Lipinski definition) is 3. The molecule has 2 aromatic rings. The largest absolute Gasteiger partial charge is 0.467 e. The lowest BCUT2D eigenvalue weighted by Crippen LogP contribution is -2.28. The Kier molecular flexibility index (Phi) is 2.91. The van der Waals surface area contributed by atoms with E-state index in [1.165, 1.54) is 0 Å². The van der Waals surface area contributed by atoms with Crippen molar-refractivity contribution in [1.82, 2.24) is 9.47 Å². The highest BCUT2D eigenvalue weighted by molar-refractivity contribution is 8.00. The van der Waals surface area contributed by atoms with Gasteiger partial charge in [0, 0.05) is 13.2 Å². The topological polar surface area (TPSA) is 38.4 Å². The smallest absolute Gasteiger partial charge is 0.234 e. The van der Waals surface area contributed by atoms with Crippen molar-refractivity contribution in [3.63, 3.8) is 0 Å². The predicted molar refractivity (Wildman–Crippen MR) is 69.9 cm³/mol. The predicted octanol–water partition coefficient (Wildman–Crippen LogP) is 2.39. The molecule has 0 spiro atoms. The molecule has 0 radical (unpaired) electrons. The van der Waals surface area contributed by atoms with Crippen LogP contribution in [0.2, 0.25) is 0 Å². The highest BCUT2D eigenvalue weighted by Gasteiger charge is 2.34. The molecule has 3 heterocycles. The summed E-state index contributed by atoms with van der Waals surface area (Å²) in [6.45, 7) is 0.536. The highest BCUT2D eigenvalue weighted by atomic mass is 32.2. The lowest BCUT2D eigenvalue weighted by atomic mass is 10.3. The number of aromatic nitrogens is 1. The Morgan fingerprint density at radius 2 is 2.33 bits per heavy atom.